The van der Waals surface area contributed by atoms with Gasteiger partial charge in [-0.15, -0.1) is 0 Å². The van der Waals surface area contributed by atoms with Crippen molar-refractivity contribution < 1.29 is 38.0 Å². The smallest absolute Gasteiger partial charge is 0.410 e. The summed E-state index contributed by atoms with van der Waals surface area (Å²) in [7, 11) is 6.65. The lowest BCUT2D eigenvalue weighted by Gasteiger charge is -2.47. The molecule has 5 aliphatic heterocycles. The Bertz CT molecular complexity index is 1690. The Hall–Kier alpha value is -4.12. The summed E-state index contributed by atoms with van der Waals surface area (Å²) < 4.78 is 34.0. The van der Waals surface area contributed by atoms with Crippen molar-refractivity contribution in [1.82, 2.24) is 14.7 Å². The average Bonchev–Trinajstić information content (AvgIpc) is 3.19. The molecule has 0 aromatic heterocycles. The van der Waals surface area contributed by atoms with Crippen LogP contribution in [-0.2, 0) is 27.1 Å². The van der Waals surface area contributed by atoms with Crippen LogP contribution in [0.15, 0.2) is 36.1 Å². The van der Waals surface area contributed by atoms with Crippen molar-refractivity contribution in [2.75, 3.05) is 67.8 Å². The van der Waals surface area contributed by atoms with Gasteiger partial charge >= 0.3 is 6.09 Å². The molecule has 0 bridgehead atoms. The third-order valence-corrected chi connectivity index (χ3v) is 11.8. The van der Waals surface area contributed by atoms with Crippen molar-refractivity contribution >= 4 is 12.0 Å². The van der Waals surface area contributed by atoms with Gasteiger partial charge in [0.05, 0.1) is 41.1 Å². The third-order valence-electron chi connectivity index (χ3n) is 11.8. The molecule has 0 N–H and O–H groups in total. The molecular weight excluding hydrogens is 698 g/mol. The molecule has 2 amide bonds. The van der Waals surface area contributed by atoms with Crippen LogP contribution >= 0.6 is 0 Å². The fourth-order valence-corrected chi connectivity index (χ4v) is 9.02. The number of carbonyl (C=O) groups is 2. The number of likely N-dealkylation sites (tertiary alicyclic amines) is 1. The van der Waals surface area contributed by atoms with E-state index in [4.69, 9.17) is 28.4 Å². The van der Waals surface area contributed by atoms with Crippen LogP contribution in [0.5, 0.6) is 23.0 Å². The molecule has 55 heavy (non-hydrogen) atoms. The van der Waals surface area contributed by atoms with Gasteiger partial charge in [0.2, 0.25) is 5.91 Å². The van der Waals surface area contributed by atoms with Crippen LogP contribution in [0.1, 0.15) is 101 Å². The van der Waals surface area contributed by atoms with E-state index in [0.29, 0.717) is 36.5 Å². The van der Waals surface area contributed by atoms with E-state index in [-0.39, 0.29) is 30.2 Å². The maximum absolute atomic E-state index is 12.9. The van der Waals surface area contributed by atoms with Crippen LogP contribution in [0.4, 0.5) is 4.79 Å². The van der Waals surface area contributed by atoms with E-state index in [9.17, 15) is 9.59 Å². The van der Waals surface area contributed by atoms with Crippen LogP contribution in [-0.4, -0.2) is 101 Å². The van der Waals surface area contributed by atoms with Crippen LogP contribution in [0.3, 0.4) is 0 Å². The van der Waals surface area contributed by atoms with Crippen LogP contribution in [0.2, 0.25) is 0 Å². The summed E-state index contributed by atoms with van der Waals surface area (Å²) in [6, 6.07) is 8.56. The molecule has 5 aliphatic rings. The number of fused-ring (bicyclic) bond motifs is 6. The Morgan fingerprint density at radius 3 is 1.91 bits per heavy atom. The van der Waals surface area contributed by atoms with E-state index in [2.05, 4.69) is 44.7 Å². The van der Waals surface area contributed by atoms with E-state index in [0.717, 1.165) is 99.8 Å². The summed E-state index contributed by atoms with van der Waals surface area (Å²) in [6.07, 6.45) is 9.34. The lowest BCUT2D eigenvalue weighted by molar-refractivity contribution is -0.130. The van der Waals surface area contributed by atoms with E-state index >= 15 is 0 Å². The molecule has 0 spiro atoms. The summed E-state index contributed by atoms with van der Waals surface area (Å²) in [5, 5.41) is 0. The standard InChI is InChI=1S/C25H38N2O4.C19H25NO4/c1-17(2)12-19-16-27-11-8-18-13-23(29-3)24(30-4)14-20(18)21(27)15-22(19)31-25(28)26-9-6-5-7-10-26;1-12(2)11-24-14-8-16-15-10-18(23-4)17(22-3)7-13(15)5-6-20(16)19(21)9-14/h13-14,17,19,21-22H,5-12,15-16H2,1-4H3;7,9-10,12,16H,5-6,8,11H2,1-4H3. The van der Waals surface area contributed by atoms with Crippen molar-refractivity contribution in [3.8, 4) is 23.0 Å². The zero-order valence-corrected chi connectivity index (χ0v) is 34.4. The maximum atomic E-state index is 12.9. The molecule has 2 fully saturated rings. The molecule has 0 saturated carbocycles. The van der Waals surface area contributed by atoms with Gasteiger partial charge in [0.25, 0.3) is 0 Å². The van der Waals surface area contributed by atoms with Gasteiger partial charge in [0.15, 0.2) is 23.0 Å². The second-order valence-electron chi connectivity index (χ2n) is 16.5. The largest absolute Gasteiger partial charge is 0.497 e. The van der Waals surface area contributed by atoms with Gasteiger partial charge in [-0.3, -0.25) is 9.69 Å². The van der Waals surface area contributed by atoms with Crippen molar-refractivity contribution in [3.63, 3.8) is 0 Å². The summed E-state index contributed by atoms with van der Waals surface area (Å²) in [5.41, 5.74) is 4.96. The van der Waals surface area contributed by atoms with E-state index in [1.165, 1.54) is 23.1 Å². The van der Waals surface area contributed by atoms with Crippen molar-refractivity contribution in [2.45, 2.75) is 97.2 Å². The van der Waals surface area contributed by atoms with Gasteiger partial charge in [0, 0.05) is 63.6 Å². The zero-order chi connectivity index (χ0) is 39.2. The quantitative estimate of drug-likeness (QED) is 0.241. The van der Waals surface area contributed by atoms with Gasteiger partial charge < -0.3 is 38.2 Å². The monoisotopic (exact) mass is 761 g/mol. The Morgan fingerprint density at radius 1 is 0.745 bits per heavy atom. The Morgan fingerprint density at radius 2 is 1.33 bits per heavy atom. The average molecular weight is 762 g/mol. The van der Waals surface area contributed by atoms with Gasteiger partial charge in [-0.05, 0) is 96.9 Å². The topological polar surface area (TPSA) is 99.2 Å². The summed E-state index contributed by atoms with van der Waals surface area (Å²) >= 11 is 0. The Labute approximate surface area is 328 Å². The molecule has 2 saturated heterocycles. The molecule has 0 radical (unpaired) electrons. The van der Waals surface area contributed by atoms with E-state index in [1.54, 1.807) is 34.5 Å². The fourth-order valence-electron chi connectivity index (χ4n) is 9.02. The summed E-state index contributed by atoms with van der Waals surface area (Å²) in [6.45, 7) is 13.8. The number of piperidine rings is 2. The minimum atomic E-state index is -0.116. The first-order valence-electron chi connectivity index (χ1n) is 20.4. The predicted octanol–water partition coefficient (Wildman–Crippen LogP) is 7.75. The molecule has 7 rings (SSSR count). The molecule has 302 valence electrons. The first kappa shape index (κ1) is 40.5. The zero-order valence-electron chi connectivity index (χ0n) is 34.4. The number of nitrogens with zero attached hydrogens (tertiary/aromatic N) is 3. The fraction of sp³-hybridized carbons (Fsp3) is 0.636. The minimum absolute atomic E-state index is 0.00761. The van der Waals surface area contributed by atoms with Gasteiger partial charge in [0.1, 0.15) is 11.9 Å². The molecule has 2 aromatic carbocycles. The lowest BCUT2D eigenvalue weighted by Crippen LogP contribution is -2.50. The molecule has 11 nitrogen and oxygen atoms in total. The number of methoxy groups -OCH3 is 4. The highest BCUT2D eigenvalue weighted by molar-refractivity contribution is 5.89. The summed E-state index contributed by atoms with van der Waals surface area (Å²) in [5.74, 6) is 5.20. The Balaban J connectivity index is 0.000000193. The van der Waals surface area contributed by atoms with Crippen molar-refractivity contribution in [2.24, 2.45) is 17.8 Å². The number of carbonyl (C=O) groups excluding carboxylic acids is 2. The SMILES string of the molecule is COc1cc2c(cc1OC)C1CC(OC(=O)N3CCCCC3)C(CC(C)C)CN1CC2.COc1cc2c(cc1OC)C1CC(OCC(C)C)=CC(=O)N1CC2. The van der Waals surface area contributed by atoms with Gasteiger partial charge in [-0.1, -0.05) is 27.7 Å². The molecule has 11 heteroatoms. The van der Waals surface area contributed by atoms with Crippen LogP contribution in [0, 0.1) is 17.8 Å². The van der Waals surface area contributed by atoms with Crippen molar-refractivity contribution in [3.05, 3.63) is 58.4 Å². The number of rotatable bonds is 10. The van der Waals surface area contributed by atoms with Crippen LogP contribution in [0.25, 0.3) is 0 Å². The van der Waals surface area contributed by atoms with Crippen LogP contribution < -0.4 is 18.9 Å². The van der Waals surface area contributed by atoms with Gasteiger partial charge in [-0.25, -0.2) is 4.79 Å². The molecule has 4 atom stereocenters. The number of hydrogen-bond donors (Lipinski definition) is 0. The molecule has 5 heterocycles. The molecule has 4 unspecified atom stereocenters. The first-order valence-corrected chi connectivity index (χ1v) is 20.4. The molecular formula is C44H63N3O8. The number of hydrogen-bond acceptors (Lipinski definition) is 9. The number of benzene rings is 2. The molecule has 0 aliphatic carbocycles. The summed E-state index contributed by atoms with van der Waals surface area (Å²) in [4.78, 5) is 31.9. The maximum Gasteiger partial charge on any atom is 0.410 e. The predicted molar refractivity (Wildman–Crippen MR) is 212 cm³/mol. The highest BCUT2D eigenvalue weighted by Gasteiger charge is 2.42. The number of ether oxygens (including phenoxy) is 6. The number of amides is 2. The van der Waals surface area contributed by atoms with Gasteiger partial charge in [-0.2, -0.15) is 0 Å². The minimum Gasteiger partial charge on any atom is -0.497 e. The third kappa shape index (κ3) is 9.30. The lowest BCUT2D eigenvalue weighted by atomic mass is 9.79. The van der Waals surface area contributed by atoms with Crippen molar-refractivity contribution in [1.29, 1.82) is 0 Å². The highest BCUT2D eigenvalue weighted by atomic mass is 16.6. The van der Waals surface area contributed by atoms with E-state index < -0.39 is 0 Å². The second kappa shape index (κ2) is 18.2. The normalized spacial score (nSPS) is 23.3. The van der Waals surface area contributed by atoms with E-state index in [1.807, 2.05) is 21.9 Å². The highest BCUT2D eigenvalue weighted by Crippen LogP contribution is 2.45. The second-order valence-corrected chi connectivity index (χ2v) is 16.5. The molecule has 2 aromatic rings. The Kier molecular flexibility index (Phi) is 13.4. The first-order chi connectivity index (χ1) is 26.5.